The van der Waals surface area contributed by atoms with Crippen molar-refractivity contribution in [3.8, 4) is 23.0 Å². The number of rotatable bonds is 9. The second-order valence-corrected chi connectivity index (χ2v) is 7.37. The van der Waals surface area contributed by atoms with Gasteiger partial charge in [0.05, 0.1) is 28.4 Å². The summed E-state index contributed by atoms with van der Waals surface area (Å²) in [7, 11) is 10.2. The fraction of sp³-hybridized carbons (Fsp3) is 0.333. The average Bonchev–Trinajstić information content (AvgIpc) is 2.64. The molecule has 24 heavy (non-hydrogen) atoms. The van der Waals surface area contributed by atoms with Crippen LogP contribution in [0.15, 0.2) is 36.4 Å². The molecule has 0 saturated heterocycles. The Morgan fingerprint density at radius 3 is 1.29 bits per heavy atom. The van der Waals surface area contributed by atoms with Gasteiger partial charge in [0.1, 0.15) is 0 Å². The number of hydrogen-bond donors (Lipinski definition) is 0. The fourth-order valence-electron chi connectivity index (χ4n) is 2.16. The first kappa shape index (κ1) is 18.7. The van der Waals surface area contributed by atoms with Gasteiger partial charge in [0, 0.05) is 11.5 Å². The van der Waals surface area contributed by atoms with Crippen molar-refractivity contribution in [1.29, 1.82) is 0 Å². The molecule has 0 aliphatic rings. The minimum atomic E-state index is 0.754. The maximum Gasteiger partial charge on any atom is 0.161 e. The van der Waals surface area contributed by atoms with Gasteiger partial charge in [-0.1, -0.05) is 33.7 Å². The van der Waals surface area contributed by atoms with Gasteiger partial charge >= 0.3 is 0 Å². The molecule has 2 aromatic carbocycles. The first-order valence-electron chi connectivity index (χ1n) is 7.38. The summed E-state index contributed by atoms with van der Waals surface area (Å²) >= 11 is 0. The van der Waals surface area contributed by atoms with Gasteiger partial charge in [0.15, 0.2) is 23.0 Å². The lowest BCUT2D eigenvalue weighted by Crippen LogP contribution is -1.92. The third-order valence-electron chi connectivity index (χ3n) is 3.43. The van der Waals surface area contributed by atoms with Crippen molar-refractivity contribution in [2.45, 2.75) is 11.5 Å². The third-order valence-corrected chi connectivity index (χ3v) is 5.71. The number of methoxy groups -OCH3 is 4. The van der Waals surface area contributed by atoms with E-state index in [0.717, 1.165) is 34.5 Å². The topological polar surface area (TPSA) is 36.9 Å². The number of benzene rings is 2. The molecule has 0 heterocycles. The normalized spacial score (nSPS) is 10.3. The second-order valence-electron chi connectivity index (χ2n) is 4.90. The second kappa shape index (κ2) is 9.59. The minimum absolute atomic E-state index is 0.754. The average molecular weight is 367 g/mol. The fourth-order valence-corrected chi connectivity index (χ4v) is 4.27. The Hall–Kier alpha value is -1.66. The minimum Gasteiger partial charge on any atom is -0.493 e. The van der Waals surface area contributed by atoms with Gasteiger partial charge in [-0.15, -0.1) is 0 Å². The van der Waals surface area contributed by atoms with Gasteiger partial charge in [-0.2, -0.15) is 0 Å². The first-order valence-corrected chi connectivity index (χ1v) is 9.86. The van der Waals surface area contributed by atoms with Crippen molar-refractivity contribution in [1.82, 2.24) is 0 Å². The predicted molar refractivity (Wildman–Crippen MR) is 102 cm³/mol. The summed E-state index contributed by atoms with van der Waals surface area (Å²) < 4.78 is 21.2. The van der Waals surface area contributed by atoms with Crippen LogP contribution in [0.4, 0.5) is 0 Å². The Labute approximate surface area is 151 Å². The molecule has 0 bridgehead atoms. The lowest BCUT2D eigenvalue weighted by atomic mass is 10.2. The highest BCUT2D eigenvalue weighted by atomic mass is 33.1. The van der Waals surface area contributed by atoms with Crippen molar-refractivity contribution in [2.24, 2.45) is 0 Å². The largest absolute Gasteiger partial charge is 0.493 e. The molecule has 0 fully saturated rings. The number of ether oxygens (including phenoxy) is 4. The molecule has 130 valence electrons. The molecule has 0 N–H and O–H groups in total. The van der Waals surface area contributed by atoms with Gasteiger partial charge in [0.2, 0.25) is 0 Å². The lowest BCUT2D eigenvalue weighted by molar-refractivity contribution is 0.354. The van der Waals surface area contributed by atoms with Crippen molar-refractivity contribution in [3.05, 3.63) is 47.5 Å². The summed E-state index contributed by atoms with van der Waals surface area (Å²) in [6, 6.07) is 12.0. The van der Waals surface area contributed by atoms with Gasteiger partial charge in [-0.05, 0) is 35.4 Å². The van der Waals surface area contributed by atoms with E-state index in [0.29, 0.717) is 0 Å². The molecule has 4 nitrogen and oxygen atoms in total. The van der Waals surface area contributed by atoms with Crippen LogP contribution in [0.1, 0.15) is 11.1 Å². The maximum absolute atomic E-state index is 5.33. The zero-order valence-electron chi connectivity index (χ0n) is 14.3. The van der Waals surface area contributed by atoms with Crippen molar-refractivity contribution < 1.29 is 18.9 Å². The Balaban J connectivity index is 1.87. The standard InChI is InChI=1S/C18H22O4S2/c1-19-15-7-5-13(9-17(15)21-3)11-23-24-12-14-6-8-16(20-2)18(10-14)22-4/h5-10H,11-12H2,1-4H3. The van der Waals surface area contributed by atoms with E-state index in [1.54, 1.807) is 50.0 Å². The summed E-state index contributed by atoms with van der Waals surface area (Å²) in [5.74, 6) is 4.84. The highest BCUT2D eigenvalue weighted by Gasteiger charge is 2.06. The van der Waals surface area contributed by atoms with Crippen LogP contribution in [0, 0.1) is 0 Å². The van der Waals surface area contributed by atoms with Crippen LogP contribution in [-0.4, -0.2) is 28.4 Å². The molecule has 0 aromatic heterocycles. The van der Waals surface area contributed by atoms with E-state index in [1.165, 1.54) is 11.1 Å². The predicted octanol–water partition coefficient (Wildman–Crippen LogP) is 4.80. The van der Waals surface area contributed by atoms with Gasteiger partial charge in [-0.3, -0.25) is 0 Å². The summed E-state index contributed by atoms with van der Waals surface area (Å²) in [5.41, 5.74) is 2.41. The van der Waals surface area contributed by atoms with Crippen LogP contribution < -0.4 is 18.9 Å². The molecule has 0 atom stereocenters. The zero-order valence-corrected chi connectivity index (χ0v) is 16.0. The van der Waals surface area contributed by atoms with Crippen LogP contribution in [0.5, 0.6) is 23.0 Å². The van der Waals surface area contributed by atoms with Gasteiger partial charge in [0.25, 0.3) is 0 Å². The van der Waals surface area contributed by atoms with Gasteiger partial charge in [-0.25, -0.2) is 0 Å². The molecule has 2 rings (SSSR count). The Morgan fingerprint density at radius 2 is 0.958 bits per heavy atom. The van der Waals surface area contributed by atoms with Crippen LogP contribution in [0.25, 0.3) is 0 Å². The molecule has 0 saturated carbocycles. The van der Waals surface area contributed by atoms with Crippen LogP contribution in [0.3, 0.4) is 0 Å². The summed E-state index contributed by atoms with van der Waals surface area (Å²) in [5, 5.41) is 0. The SMILES string of the molecule is COc1ccc(CSSCc2ccc(OC)c(OC)c2)cc1OC. The quantitative estimate of drug-likeness (QED) is 0.469. The van der Waals surface area contributed by atoms with Crippen molar-refractivity contribution in [3.63, 3.8) is 0 Å². The van der Waals surface area contributed by atoms with Crippen LogP contribution in [0.2, 0.25) is 0 Å². The van der Waals surface area contributed by atoms with E-state index in [2.05, 4.69) is 12.1 Å². The monoisotopic (exact) mass is 366 g/mol. The first-order chi connectivity index (χ1) is 11.7. The van der Waals surface area contributed by atoms with Crippen LogP contribution in [-0.2, 0) is 11.5 Å². The van der Waals surface area contributed by atoms with E-state index in [-0.39, 0.29) is 0 Å². The molecule has 0 spiro atoms. The van der Waals surface area contributed by atoms with E-state index in [4.69, 9.17) is 18.9 Å². The van der Waals surface area contributed by atoms with Crippen LogP contribution >= 0.6 is 21.6 Å². The van der Waals surface area contributed by atoms with E-state index >= 15 is 0 Å². The Kier molecular flexibility index (Phi) is 7.46. The lowest BCUT2D eigenvalue weighted by Gasteiger charge is -2.10. The van der Waals surface area contributed by atoms with Crippen molar-refractivity contribution in [2.75, 3.05) is 28.4 Å². The third kappa shape index (κ3) is 4.92. The molecule has 0 aliphatic carbocycles. The zero-order chi connectivity index (χ0) is 17.4. The maximum atomic E-state index is 5.33. The summed E-state index contributed by atoms with van der Waals surface area (Å²) in [6.45, 7) is 0. The molecule has 0 aliphatic heterocycles. The van der Waals surface area contributed by atoms with E-state index in [1.807, 2.05) is 24.3 Å². The number of hydrogen-bond acceptors (Lipinski definition) is 6. The molecular weight excluding hydrogens is 344 g/mol. The molecule has 0 unspecified atom stereocenters. The molecule has 0 radical (unpaired) electrons. The molecule has 0 amide bonds. The molecular formula is C18H22O4S2. The molecule has 6 heteroatoms. The Morgan fingerprint density at radius 1 is 0.583 bits per heavy atom. The summed E-state index contributed by atoms with van der Waals surface area (Å²) in [4.78, 5) is 0. The highest BCUT2D eigenvalue weighted by Crippen LogP contribution is 2.35. The van der Waals surface area contributed by atoms with Gasteiger partial charge < -0.3 is 18.9 Å². The van der Waals surface area contributed by atoms with E-state index < -0.39 is 0 Å². The summed E-state index contributed by atoms with van der Waals surface area (Å²) in [6.07, 6.45) is 0. The van der Waals surface area contributed by atoms with E-state index in [9.17, 15) is 0 Å². The van der Waals surface area contributed by atoms with Crippen molar-refractivity contribution >= 4 is 21.6 Å². The highest BCUT2D eigenvalue weighted by molar-refractivity contribution is 8.76. The Bertz CT molecular complexity index is 604. The molecule has 2 aromatic rings. The smallest absolute Gasteiger partial charge is 0.161 e.